The molecule has 6 rings (SSSR count). The van der Waals surface area contributed by atoms with Gasteiger partial charge in [-0.1, -0.05) is 23.4 Å². The highest BCUT2D eigenvalue weighted by atomic mass is 16.5. The molecule has 1 aliphatic carbocycles. The Hall–Kier alpha value is -3.75. The fourth-order valence-corrected chi connectivity index (χ4v) is 4.09. The number of para-hydroxylation sites is 1. The summed E-state index contributed by atoms with van der Waals surface area (Å²) in [5.74, 6) is 1.72. The fraction of sp³-hybridized carbons (Fsp3) is 0.250. The van der Waals surface area contributed by atoms with Gasteiger partial charge in [-0.25, -0.2) is 9.97 Å². The lowest BCUT2D eigenvalue weighted by molar-refractivity contribution is 0.364. The highest BCUT2D eigenvalue weighted by Gasteiger charge is 2.52. The molecule has 4 heterocycles. The van der Waals surface area contributed by atoms with E-state index in [9.17, 15) is 4.79 Å². The Morgan fingerprint density at radius 2 is 2.00 bits per heavy atom. The third kappa shape index (κ3) is 2.50. The Labute approximate surface area is 164 Å². The third-order valence-corrected chi connectivity index (χ3v) is 5.63. The van der Waals surface area contributed by atoms with E-state index in [2.05, 4.69) is 43.3 Å². The standard InChI is InChI=1S/C20H17N7O2/c1-25-10-21-19-17(25)20(28)27(11-22-19)9-15-23-18(24-29-15)16-13-7-26(8-14(13)16)12-5-3-2-4-6-12/h2-7,10-11,14,16H,8-9H2,1H3/t14-,16-/m0/s1. The zero-order chi connectivity index (χ0) is 19.5. The maximum Gasteiger partial charge on any atom is 0.280 e. The minimum Gasteiger partial charge on any atom is -0.347 e. The van der Waals surface area contributed by atoms with Gasteiger partial charge in [-0.05, 0) is 17.7 Å². The smallest absolute Gasteiger partial charge is 0.280 e. The van der Waals surface area contributed by atoms with E-state index in [-0.39, 0.29) is 18.0 Å². The topological polar surface area (TPSA) is 94.9 Å². The van der Waals surface area contributed by atoms with E-state index in [1.54, 1.807) is 17.9 Å². The average Bonchev–Trinajstić information content (AvgIpc) is 3.16. The highest BCUT2D eigenvalue weighted by molar-refractivity contribution is 5.68. The van der Waals surface area contributed by atoms with Crippen molar-refractivity contribution in [3.8, 4) is 0 Å². The number of hydrogen-bond acceptors (Lipinski definition) is 7. The molecule has 2 aliphatic rings. The van der Waals surface area contributed by atoms with Crippen LogP contribution in [-0.2, 0) is 13.6 Å². The molecule has 9 nitrogen and oxygen atoms in total. The van der Waals surface area contributed by atoms with Gasteiger partial charge in [-0.3, -0.25) is 9.36 Å². The van der Waals surface area contributed by atoms with Crippen molar-refractivity contribution in [1.82, 2.24) is 29.2 Å². The van der Waals surface area contributed by atoms with Crippen LogP contribution >= 0.6 is 0 Å². The van der Waals surface area contributed by atoms with Gasteiger partial charge in [0.15, 0.2) is 17.0 Å². The number of imidazole rings is 1. The van der Waals surface area contributed by atoms with Crippen LogP contribution in [-0.4, -0.2) is 35.8 Å². The van der Waals surface area contributed by atoms with Crippen LogP contribution in [0.2, 0.25) is 0 Å². The maximum absolute atomic E-state index is 12.7. The molecule has 0 amide bonds. The molecule has 3 aromatic heterocycles. The van der Waals surface area contributed by atoms with Crippen LogP contribution < -0.4 is 10.5 Å². The van der Waals surface area contributed by atoms with Crippen LogP contribution in [0.3, 0.4) is 0 Å². The lowest BCUT2D eigenvalue weighted by Crippen LogP contribution is -2.22. The van der Waals surface area contributed by atoms with Crippen molar-refractivity contribution in [3.05, 3.63) is 76.8 Å². The molecule has 1 aromatic carbocycles. The average molecular weight is 387 g/mol. The van der Waals surface area contributed by atoms with E-state index in [4.69, 9.17) is 4.52 Å². The van der Waals surface area contributed by atoms with E-state index in [1.165, 1.54) is 22.2 Å². The van der Waals surface area contributed by atoms with Gasteiger partial charge in [-0.15, -0.1) is 0 Å². The van der Waals surface area contributed by atoms with E-state index >= 15 is 0 Å². The van der Waals surface area contributed by atoms with Crippen LogP contribution in [0.1, 0.15) is 17.6 Å². The van der Waals surface area contributed by atoms with Crippen LogP contribution in [0.5, 0.6) is 0 Å². The predicted octanol–water partition coefficient (Wildman–Crippen LogP) is 1.68. The van der Waals surface area contributed by atoms with Crippen molar-refractivity contribution in [2.75, 3.05) is 11.4 Å². The maximum atomic E-state index is 12.7. The summed E-state index contributed by atoms with van der Waals surface area (Å²) in [7, 11) is 1.77. The van der Waals surface area contributed by atoms with Gasteiger partial charge in [0.1, 0.15) is 12.9 Å². The third-order valence-electron chi connectivity index (χ3n) is 5.63. The summed E-state index contributed by atoms with van der Waals surface area (Å²) in [5, 5.41) is 4.16. The molecule has 9 heteroatoms. The lowest BCUT2D eigenvalue weighted by atomic mass is 10.2. The molecule has 1 saturated carbocycles. The first kappa shape index (κ1) is 16.2. The van der Waals surface area contributed by atoms with Crippen molar-refractivity contribution >= 4 is 16.9 Å². The largest absolute Gasteiger partial charge is 0.347 e. The molecule has 4 aromatic rings. The van der Waals surface area contributed by atoms with E-state index in [0.717, 1.165) is 6.54 Å². The van der Waals surface area contributed by atoms with Crippen molar-refractivity contribution in [1.29, 1.82) is 0 Å². The molecule has 0 N–H and O–H groups in total. The van der Waals surface area contributed by atoms with Gasteiger partial charge >= 0.3 is 0 Å². The number of fused-ring (bicyclic) bond motifs is 2. The zero-order valence-corrected chi connectivity index (χ0v) is 15.6. The molecule has 2 atom stereocenters. The van der Waals surface area contributed by atoms with Gasteiger partial charge in [-0.2, -0.15) is 4.98 Å². The highest BCUT2D eigenvalue weighted by Crippen LogP contribution is 2.56. The number of rotatable bonds is 4. The Morgan fingerprint density at radius 1 is 1.17 bits per heavy atom. The van der Waals surface area contributed by atoms with Gasteiger partial charge < -0.3 is 14.0 Å². The summed E-state index contributed by atoms with van der Waals surface area (Å²) in [4.78, 5) is 27.8. The minimum atomic E-state index is -0.181. The second kappa shape index (κ2) is 5.87. The summed E-state index contributed by atoms with van der Waals surface area (Å²) in [6, 6.07) is 10.3. The first-order valence-corrected chi connectivity index (χ1v) is 9.41. The van der Waals surface area contributed by atoms with E-state index in [0.29, 0.717) is 28.8 Å². The van der Waals surface area contributed by atoms with E-state index < -0.39 is 0 Å². The van der Waals surface area contributed by atoms with Gasteiger partial charge in [0, 0.05) is 31.4 Å². The Bertz CT molecular complexity index is 1320. The van der Waals surface area contributed by atoms with Crippen molar-refractivity contribution in [2.24, 2.45) is 13.0 Å². The molecule has 0 saturated heterocycles. The van der Waals surface area contributed by atoms with Gasteiger partial charge in [0.2, 0.25) is 5.89 Å². The van der Waals surface area contributed by atoms with Crippen LogP contribution in [0.15, 0.2) is 64.1 Å². The molecule has 0 radical (unpaired) electrons. The predicted molar refractivity (Wildman–Crippen MR) is 104 cm³/mol. The van der Waals surface area contributed by atoms with Crippen LogP contribution in [0, 0.1) is 5.92 Å². The second-order valence-corrected chi connectivity index (χ2v) is 7.45. The number of anilines is 1. The summed E-state index contributed by atoms with van der Waals surface area (Å²) < 4.78 is 8.54. The van der Waals surface area contributed by atoms with E-state index in [1.807, 2.05) is 18.2 Å². The molecule has 144 valence electrons. The normalized spacial score (nSPS) is 20.2. The molecule has 0 unspecified atom stereocenters. The number of hydrogen-bond donors (Lipinski definition) is 0. The van der Waals surface area contributed by atoms with Crippen LogP contribution in [0.25, 0.3) is 11.2 Å². The van der Waals surface area contributed by atoms with Gasteiger partial charge in [0.25, 0.3) is 5.56 Å². The molecular formula is C20H17N7O2. The summed E-state index contributed by atoms with van der Waals surface area (Å²) >= 11 is 0. The summed E-state index contributed by atoms with van der Waals surface area (Å²) in [5.41, 5.74) is 3.23. The molecule has 1 fully saturated rings. The first-order chi connectivity index (χ1) is 14.2. The van der Waals surface area contributed by atoms with Crippen molar-refractivity contribution < 1.29 is 4.52 Å². The molecule has 1 aliphatic heterocycles. The Balaban J connectivity index is 1.22. The number of nitrogens with zero attached hydrogens (tertiary/aromatic N) is 7. The van der Waals surface area contributed by atoms with Crippen molar-refractivity contribution in [3.63, 3.8) is 0 Å². The quantitative estimate of drug-likeness (QED) is 0.526. The molecule has 0 spiro atoms. The second-order valence-electron chi connectivity index (χ2n) is 7.45. The summed E-state index contributed by atoms with van der Waals surface area (Å²) in [6.45, 7) is 1.11. The SMILES string of the molecule is Cn1cnc2ncn(Cc3nc([C@H]4C5=CN(c6ccccc6)C[C@@H]54)no3)c(=O)c21. The monoisotopic (exact) mass is 387 g/mol. The number of aromatic nitrogens is 6. The molecule has 29 heavy (non-hydrogen) atoms. The molecule has 0 bridgehead atoms. The Kier molecular flexibility index (Phi) is 3.29. The fourth-order valence-electron chi connectivity index (χ4n) is 4.09. The number of benzene rings is 1. The summed E-state index contributed by atoms with van der Waals surface area (Å²) in [6.07, 6.45) is 5.23. The first-order valence-electron chi connectivity index (χ1n) is 9.41. The molecular weight excluding hydrogens is 370 g/mol. The zero-order valence-electron chi connectivity index (χ0n) is 15.6. The minimum absolute atomic E-state index is 0.181. The van der Waals surface area contributed by atoms with Crippen molar-refractivity contribution in [2.45, 2.75) is 12.5 Å². The van der Waals surface area contributed by atoms with Crippen LogP contribution in [0.4, 0.5) is 5.69 Å². The lowest BCUT2D eigenvalue weighted by Gasteiger charge is -2.17. The number of aryl methyl sites for hydroxylation is 1. The Morgan fingerprint density at radius 3 is 2.79 bits per heavy atom. The van der Waals surface area contributed by atoms with Gasteiger partial charge in [0.05, 0.1) is 12.2 Å².